The maximum Gasteiger partial charge on any atom is 0.332 e. The molecule has 0 saturated heterocycles. The fourth-order valence-corrected chi connectivity index (χ4v) is 2.55. The van der Waals surface area contributed by atoms with Crippen LogP contribution in [0.15, 0.2) is 9.59 Å². The first-order chi connectivity index (χ1) is 8.88. The van der Waals surface area contributed by atoms with Crippen LogP contribution < -0.4 is 11.2 Å². The van der Waals surface area contributed by atoms with Gasteiger partial charge in [0, 0.05) is 20.1 Å². The van der Waals surface area contributed by atoms with Crippen molar-refractivity contribution < 1.29 is 0 Å². The second-order valence-corrected chi connectivity index (χ2v) is 5.41. The quantitative estimate of drug-likeness (QED) is 0.861. The van der Waals surface area contributed by atoms with Crippen molar-refractivity contribution in [1.29, 1.82) is 0 Å². The zero-order chi connectivity index (χ0) is 14.3. The third-order valence-corrected chi connectivity index (χ3v) is 3.45. The lowest BCUT2D eigenvalue weighted by atomic mass is 10.2. The van der Waals surface area contributed by atoms with E-state index >= 15 is 0 Å². The first kappa shape index (κ1) is 13.8. The van der Waals surface area contributed by atoms with Crippen molar-refractivity contribution in [3.05, 3.63) is 25.6 Å². The van der Waals surface area contributed by atoms with Gasteiger partial charge >= 0.3 is 5.69 Å². The third-order valence-electron chi connectivity index (χ3n) is 3.12. The topological polar surface area (TPSA) is 64.7 Å². The van der Waals surface area contributed by atoms with Gasteiger partial charge in [-0.15, -0.1) is 0 Å². The molecule has 0 spiro atoms. The summed E-state index contributed by atoms with van der Waals surface area (Å²) < 4.78 is 4.92. The van der Waals surface area contributed by atoms with Crippen LogP contribution in [0.1, 0.15) is 20.8 Å². The largest absolute Gasteiger partial charge is 0.332 e. The number of nitrogens with zero attached hydrogens (tertiary/aromatic N) is 3. The van der Waals surface area contributed by atoms with Crippen molar-refractivity contribution in [3.8, 4) is 0 Å². The lowest BCUT2D eigenvalue weighted by Crippen LogP contribution is -2.39. The predicted molar refractivity (Wildman–Crippen MR) is 77.1 cm³/mol. The van der Waals surface area contributed by atoms with Crippen LogP contribution in [0, 0.1) is 10.7 Å². The molecule has 0 aromatic carbocycles. The summed E-state index contributed by atoms with van der Waals surface area (Å²) in [5.41, 5.74) is 0.365. The monoisotopic (exact) mass is 282 g/mol. The summed E-state index contributed by atoms with van der Waals surface area (Å²) in [5.74, 6) is 0.297. The zero-order valence-corrected chi connectivity index (χ0v) is 12.4. The van der Waals surface area contributed by atoms with E-state index < -0.39 is 0 Å². The van der Waals surface area contributed by atoms with Gasteiger partial charge in [-0.1, -0.05) is 13.8 Å². The molecule has 104 valence electrons. The van der Waals surface area contributed by atoms with E-state index in [1.807, 2.05) is 20.8 Å². The molecule has 19 heavy (non-hydrogen) atoms. The van der Waals surface area contributed by atoms with Gasteiger partial charge in [0.05, 0.1) is 0 Å². The molecular weight excluding hydrogens is 264 g/mol. The van der Waals surface area contributed by atoms with Gasteiger partial charge in [0.2, 0.25) is 0 Å². The second-order valence-electron chi connectivity index (χ2n) is 5.02. The van der Waals surface area contributed by atoms with Crippen molar-refractivity contribution in [2.45, 2.75) is 33.9 Å². The molecule has 0 bridgehead atoms. The standard InChI is InChI=1S/C12H18N4O2S/c1-5-15-8-9(13-11(15)19)16(6-7(2)3)12(18)14(4)10(8)17/h7H,5-6H2,1-4H3,(H,13,19). The first-order valence-electron chi connectivity index (χ1n) is 6.30. The Morgan fingerprint density at radius 1 is 1.26 bits per heavy atom. The lowest BCUT2D eigenvalue weighted by Gasteiger charge is -2.11. The van der Waals surface area contributed by atoms with Crippen LogP contribution in [0.25, 0.3) is 11.2 Å². The average molecular weight is 282 g/mol. The molecule has 1 N–H and O–H groups in total. The Bertz CT molecular complexity index is 791. The summed E-state index contributed by atoms with van der Waals surface area (Å²) in [6.07, 6.45) is 0. The predicted octanol–water partition coefficient (Wildman–Crippen LogP) is 1.24. The number of H-pyrrole nitrogens is 1. The Labute approximate surface area is 115 Å². The van der Waals surface area contributed by atoms with Crippen LogP contribution in [0.3, 0.4) is 0 Å². The molecule has 0 aliphatic heterocycles. The van der Waals surface area contributed by atoms with Crippen LogP contribution in [-0.4, -0.2) is 18.7 Å². The Hall–Kier alpha value is -1.63. The summed E-state index contributed by atoms with van der Waals surface area (Å²) in [5, 5.41) is 0. The van der Waals surface area contributed by atoms with Crippen LogP contribution in [-0.2, 0) is 20.1 Å². The van der Waals surface area contributed by atoms with Crippen molar-refractivity contribution in [1.82, 2.24) is 18.7 Å². The molecule has 2 aromatic heterocycles. The maximum atomic E-state index is 12.2. The van der Waals surface area contributed by atoms with Gasteiger partial charge in [0.15, 0.2) is 10.3 Å². The smallest absolute Gasteiger partial charge is 0.316 e. The molecule has 0 aliphatic carbocycles. The molecule has 0 unspecified atom stereocenters. The summed E-state index contributed by atoms with van der Waals surface area (Å²) in [6.45, 7) is 7.10. The Morgan fingerprint density at radius 3 is 2.42 bits per heavy atom. The van der Waals surface area contributed by atoms with E-state index in [4.69, 9.17) is 12.2 Å². The summed E-state index contributed by atoms with van der Waals surface area (Å²) in [4.78, 5) is 27.4. The number of aromatic nitrogens is 4. The van der Waals surface area contributed by atoms with Crippen LogP contribution in [0.4, 0.5) is 0 Å². The van der Waals surface area contributed by atoms with Crippen molar-refractivity contribution in [2.24, 2.45) is 13.0 Å². The molecule has 0 atom stereocenters. The number of imidazole rings is 1. The van der Waals surface area contributed by atoms with Crippen molar-refractivity contribution in [3.63, 3.8) is 0 Å². The van der Waals surface area contributed by atoms with Gasteiger partial charge in [-0.25, -0.2) is 4.79 Å². The van der Waals surface area contributed by atoms with Gasteiger partial charge in [-0.05, 0) is 25.1 Å². The van der Waals surface area contributed by atoms with E-state index in [0.717, 1.165) is 4.57 Å². The molecule has 0 aliphatic rings. The minimum absolute atomic E-state index is 0.297. The Morgan fingerprint density at radius 2 is 1.89 bits per heavy atom. The number of hydrogen-bond donors (Lipinski definition) is 1. The van der Waals surface area contributed by atoms with E-state index in [1.54, 1.807) is 9.13 Å². The Balaban J connectivity index is 3.01. The normalized spacial score (nSPS) is 11.6. The molecule has 6 nitrogen and oxygen atoms in total. The SMILES string of the molecule is CCn1c(=S)[nH]c2c1c(=O)n(C)c(=O)n2CC(C)C. The third kappa shape index (κ3) is 2.07. The molecule has 7 heteroatoms. The second kappa shape index (κ2) is 4.80. The van der Waals surface area contributed by atoms with E-state index in [9.17, 15) is 9.59 Å². The van der Waals surface area contributed by atoms with Gasteiger partial charge in [-0.3, -0.25) is 13.9 Å². The molecule has 0 fully saturated rings. The highest BCUT2D eigenvalue weighted by Gasteiger charge is 2.16. The molecule has 0 radical (unpaired) electrons. The highest BCUT2D eigenvalue weighted by Crippen LogP contribution is 2.10. The minimum Gasteiger partial charge on any atom is -0.316 e. The van der Waals surface area contributed by atoms with Crippen LogP contribution in [0.2, 0.25) is 0 Å². The van der Waals surface area contributed by atoms with Crippen molar-refractivity contribution >= 4 is 23.4 Å². The number of aryl methyl sites for hydroxylation is 1. The maximum absolute atomic E-state index is 12.2. The number of aromatic amines is 1. The fourth-order valence-electron chi connectivity index (χ4n) is 2.23. The number of hydrogen-bond acceptors (Lipinski definition) is 3. The molecule has 2 heterocycles. The minimum atomic E-state index is -0.314. The first-order valence-corrected chi connectivity index (χ1v) is 6.71. The molecule has 0 saturated carbocycles. The van der Waals surface area contributed by atoms with E-state index in [2.05, 4.69) is 4.98 Å². The van der Waals surface area contributed by atoms with Gasteiger partial charge < -0.3 is 9.55 Å². The Kier molecular flexibility index (Phi) is 3.49. The molecule has 2 rings (SSSR count). The van der Waals surface area contributed by atoms with E-state index in [-0.39, 0.29) is 11.2 Å². The van der Waals surface area contributed by atoms with Crippen LogP contribution >= 0.6 is 12.2 Å². The summed E-state index contributed by atoms with van der Waals surface area (Å²) >= 11 is 5.22. The van der Waals surface area contributed by atoms with Gasteiger partial charge in [-0.2, -0.15) is 0 Å². The highest BCUT2D eigenvalue weighted by molar-refractivity contribution is 7.71. The van der Waals surface area contributed by atoms with Gasteiger partial charge in [0.1, 0.15) is 5.65 Å². The zero-order valence-electron chi connectivity index (χ0n) is 11.6. The molecule has 2 aromatic rings. The number of rotatable bonds is 3. The lowest BCUT2D eigenvalue weighted by molar-refractivity contribution is 0.500. The highest BCUT2D eigenvalue weighted by atomic mass is 32.1. The number of nitrogens with one attached hydrogen (secondary N) is 1. The van der Waals surface area contributed by atoms with E-state index in [0.29, 0.717) is 34.9 Å². The molecular formula is C12H18N4O2S. The molecule has 0 amide bonds. The van der Waals surface area contributed by atoms with Crippen molar-refractivity contribution in [2.75, 3.05) is 0 Å². The average Bonchev–Trinajstić information content (AvgIpc) is 2.68. The van der Waals surface area contributed by atoms with Gasteiger partial charge in [0.25, 0.3) is 5.56 Å². The van der Waals surface area contributed by atoms with Crippen LogP contribution in [0.5, 0.6) is 0 Å². The fraction of sp³-hybridized carbons (Fsp3) is 0.583. The summed E-state index contributed by atoms with van der Waals surface area (Å²) in [7, 11) is 1.50. The van der Waals surface area contributed by atoms with E-state index in [1.165, 1.54) is 7.05 Å². The summed E-state index contributed by atoms with van der Waals surface area (Å²) in [6, 6.07) is 0. The number of fused-ring (bicyclic) bond motifs is 1.